The first-order chi connectivity index (χ1) is 7.65. The Labute approximate surface area is 102 Å². The van der Waals surface area contributed by atoms with E-state index in [1.807, 2.05) is 0 Å². The van der Waals surface area contributed by atoms with Crippen molar-refractivity contribution in [1.82, 2.24) is 9.55 Å². The van der Waals surface area contributed by atoms with E-state index in [1.54, 1.807) is 0 Å². The van der Waals surface area contributed by atoms with Gasteiger partial charge in [-0.1, -0.05) is 25.4 Å². The van der Waals surface area contributed by atoms with Gasteiger partial charge in [-0.2, -0.15) is 0 Å². The van der Waals surface area contributed by atoms with Gasteiger partial charge >= 0.3 is 0 Å². The van der Waals surface area contributed by atoms with Crippen LogP contribution in [0, 0.1) is 0 Å². The highest BCUT2D eigenvalue weighted by Gasteiger charge is 2.26. The molecule has 2 heterocycles. The first-order valence-electron chi connectivity index (χ1n) is 6.11. The second kappa shape index (κ2) is 4.76. The van der Waals surface area contributed by atoms with Crippen LogP contribution in [0.1, 0.15) is 56.5 Å². The standard InChI is InChI=1S/C12H20ClN3/c1-8(2)10-11(13)16-7-3-4-9(5-6-14)12(16)15-10/h8-9H,3-7,14H2,1-2H3. The Kier molecular flexibility index (Phi) is 3.55. The van der Waals surface area contributed by atoms with Crippen molar-refractivity contribution in [2.24, 2.45) is 5.73 Å². The second-order valence-corrected chi connectivity index (χ2v) is 5.23. The van der Waals surface area contributed by atoms with Crippen LogP contribution in [0.3, 0.4) is 0 Å². The summed E-state index contributed by atoms with van der Waals surface area (Å²) < 4.78 is 2.18. The third-order valence-corrected chi connectivity index (χ3v) is 3.72. The number of halogens is 1. The molecule has 90 valence electrons. The molecule has 1 unspecified atom stereocenters. The fraction of sp³-hybridized carbons (Fsp3) is 0.750. The molecule has 0 aliphatic carbocycles. The van der Waals surface area contributed by atoms with Gasteiger partial charge in [0.1, 0.15) is 11.0 Å². The van der Waals surface area contributed by atoms with Gasteiger partial charge < -0.3 is 10.3 Å². The minimum absolute atomic E-state index is 0.393. The summed E-state index contributed by atoms with van der Waals surface area (Å²) in [5.74, 6) is 2.05. The molecule has 2 N–H and O–H groups in total. The number of fused-ring (bicyclic) bond motifs is 1. The van der Waals surface area contributed by atoms with Crippen LogP contribution < -0.4 is 5.73 Å². The zero-order valence-corrected chi connectivity index (χ0v) is 10.8. The Hall–Kier alpha value is -0.540. The maximum Gasteiger partial charge on any atom is 0.132 e. The molecule has 0 saturated carbocycles. The number of nitrogens with zero attached hydrogens (tertiary/aromatic N) is 2. The van der Waals surface area contributed by atoms with Crippen molar-refractivity contribution in [1.29, 1.82) is 0 Å². The van der Waals surface area contributed by atoms with E-state index < -0.39 is 0 Å². The Morgan fingerprint density at radius 3 is 2.94 bits per heavy atom. The Morgan fingerprint density at radius 1 is 1.56 bits per heavy atom. The average Bonchev–Trinajstić information content (AvgIpc) is 2.58. The third kappa shape index (κ3) is 1.98. The van der Waals surface area contributed by atoms with Gasteiger partial charge in [0, 0.05) is 12.5 Å². The fourth-order valence-electron chi connectivity index (χ4n) is 2.46. The van der Waals surface area contributed by atoms with Crippen LogP contribution >= 0.6 is 11.6 Å². The lowest BCUT2D eigenvalue weighted by atomic mass is 9.96. The number of hydrogen-bond donors (Lipinski definition) is 1. The van der Waals surface area contributed by atoms with E-state index in [2.05, 4.69) is 18.4 Å². The van der Waals surface area contributed by atoms with E-state index >= 15 is 0 Å². The molecule has 0 fully saturated rings. The van der Waals surface area contributed by atoms with Crippen molar-refractivity contribution < 1.29 is 0 Å². The molecule has 0 aromatic carbocycles. The minimum atomic E-state index is 0.393. The molecule has 4 heteroatoms. The molecule has 2 rings (SSSR count). The summed E-state index contributed by atoms with van der Waals surface area (Å²) in [5, 5.41) is 0.840. The minimum Gasteiger partial charge on any atom is -0.330 e. The van der Waals surface area contributed by atoms with Crippen molar-refractivity contribution in [3.8, 4) is 0 Å². The molecule has 0 bridgehead atoms. The van der Waals surface area contributed by atoms with Gasteiger partial charge in [-0.15, -0.1) is 0 Å². The van der Waals surface area contributed by atoms with E-state index in [-0.39, 0.29) is 0 Å². The third-order valence-electron chi connectivity index (χ3n) is 3.32. The highest BCUT2D eigenvalue weighted by molar-refractivity contribution is 6.30. The molecule has 0 radical (unpaired) electrons. The second-order valence-electron chi connectivity index (χ2n) is 4.87. The van der Waals surface area contributed by atoms with Crippen LogP contribution in [0.5, 0.6) is 0 Å². The van der Waals surface area contributed by atoms with Gasteiger partial charge in [-0.05, 0) is 31.7 Å². The number of imidazole rings is 1. The summed E-state index contributed by atoms with van der Waals surface area (Å²) in [4.78, 5) is 4.73. The molecule has 16 heavy (non-hydrogen) atoms. The summed E-state index contributed by atoms with van der Waals surface area (Å²) in [6.45, 7) is 6.01. The van der Waals surface area contributed by atoms with Gasteiger partial charge in [-0.25, -0.2) is 4.98 Å². The number of aromatic nitrogens is 2. The summed E-state index contributed by atoms with van der Waals surface area (Å²) in [6, 6.07) is 0. The predicted molar refractivity (Wildman–Crippen MR) is 67.0 cm³/mol. The number of hydrogen-bond acceptors (Lipinski definition) is 2. The van der Waals surface area contributed by atoms with Gasteiger partial charge in [0.05, 0.1) is 5.69 Å². The van der Waals surface area contributed by atoms with E-state index in [1.165, 1.54) is 12.8 Å². The monoisotopic (exact) mass is 241 g/mol. The lowest BCUT2D eigenvalue weighted by Crippen LogP contribution is -2.18. The molecule has 3 nitrogen and oxygen atoms in total. The Bertz CT molecular complexity index is 371. The summed E-state index contributed by atoms with van der Waals surface area (Å²) in [5.41, 5.74) is 6.69. The first kappa shape index (κ1) is 11.9. The van der Waals surface area contributed by atoms with Crippen molar-refractivity contribution in [3.63, 3.8) is 0 Å². The number of nitrogens with two attached hydrogens (primary N) is 1. The van der Waals surface area contributed by atoms with E-state index in [0.717, 1.165) is 36.2 Å². The molecule has 1 aromatic heterocycles. The zero-order chi connectivity index (χ0) is 11.7. The summed E-state index contributed by atoms with van der Waals surface area (Å²) in [7, 11) is 0. The lowest BCUT2D eigenvalue weighted by molar-refractivity contribution is 0.428. The fourth-order valence-corrected chi connectivity index (χ4v) is 2.89. The Balaban J connectivity index is 2.37. The van der Waals surface area contributed by atoms with Crippen LogP contribution in [0.4, 0.5) is 0 Å². The van der Waals surface area contributed by atoms with Gasteiger partial charge in [0.2, 0.25) is 0 Å². The molecule has 1 aliphatic heterocycles. The van der Waals surface area contributed by atoms with Crippen LogP contribution in [-0.2, 0) is 6.54 Å². The van der Waals surface area contributed by atoms with Crippen LogP contribution in [0.15, 0.2) is 0 Å². The molecule has 0 amide bonds. The molecule has 1 aliphatic rings. The normalized spacial score (nSPS) is 20.2. The van der Waals surface area contributed by atoms with Crippen molar-refractivity contribution in [2.75, 3.05) is 6.54 Å². The molecular formula is C12H20ClN3. The number of rotatable bonds is 3. The lowest BCUT2D eigenvalue weighted by Gasteiger charge is -2.23. The maximum atomic E-state index is 6.37. The largest absolute Gasteiger partial charge is 0.330 e. The average molecular weight is 242 g/mol. The molecule has 1 atom stereocenters. The maximum absolute atomic E-state index is 6.37. The quantitative estimate of drug-likeness (QED) is 0.885. The van der Waals surface area contributed by atoms with Gasteiger partial charge in [0.25, 0.3) is 0 Å². The molecular weight excluding hydrogens is 222 g/mol. The molecule has 1 aromatic rings. The van der Waals surface area contributed by atoms with Crippen LogP contribution in [-0.4, -0.2) is 16.1 Å². The van der Waals surface area contributed by atoms with Crippen molar-refractivity contribution in [2.45, 2.75) is 51.5 Å². The molecule has 0 spiro atoms. The van der Waals surface area contributed by atoms with Crippen LogP contribution in [0.25, 0.3) is 0 Å². The Morgan fingerprint density at radius 2 is 2.31 bits per heavy atom. The predicted octanol–water partition coefficient (Wildman–Crippen LogP) is 2.89. The first-order valence-corrected chi connectivity index (χ1v) is 6.48. The highest BCUT2D eigenvalue weighted by atomic mass is 35.5. The smallest absolute Gasteiger partial charge is 0.132 e. The SMILES string of the molecule is CC(C)c1nc2n(c1Cl)CCCC2CCN. The highest BCUT2D eigenvalue weighted by Crippen LogP contribution is 2.35. The van der Waals surface area contributed by atoms with Gasteiger partial charge in [0.15, 0.2) is 0 Å². The van der Waals surface area contributed by atoms with Gasteiger partial charge in [-0.3, -0.25) is 0 Å². The van der Waals surface area contributed by atoms with E-state index in [0.29, 0.717) is 11.8 Å². The summed E-state index contributed by atoms with van der Waals surface area (Å²) >= 11 is 6.37. The van der Waals surface area contributed by atoms with Crippen molar-refractivity contribution in [3.05, 3.63) is 16.7 Å². The van der Waals surface area contributed by atoms with E-state index in [4.69, 9.17) is 22.3 Å². The zero-order valence-electron chi connectivity index (χ0n) is 10.0. The topological polar surface area (TPSA) is 43.8 Å². The molecule has 0 saturated heterocycles. The van der Waals surface area contributed by atoms with E-state index in [9.17, 15) is 0 Å². The summed E-state index contributed by atoms with van der Waals surface area (Å²) in [6.07, 6.45) is 3.40. The van der Waals surface area contributed by atoms with Crippen LogP contribution in [0.2, 0.25) is 5.15 Å². The van der Waals surface area contributed by atoms with Crippen molar-refractivity contribution >= 4 is 11.6 Å².